The molecule has 0 saturated carbocycles. The number of aromatic hydroxyl groups is 3. The van der Waals surface area contributed by atoms with Crippen molar-refractivity contribution in [3.05, 3.63) is 95.6 Å². The van der Waals surface area contributed by atoms with E-state index >= 15 is 0 Å². The second-order valence-electron chi connectivity index (χ2n) is 13.9. The molecule has 0 radical (unpaired) electrons. The van der Waals surface area contributed by atoms with E-state index in [2.05, 4.69) is 0 Å². The van der Waals surface area contributed by atoms with E-state index in [4.69, 9.17) is 42.6 Å². The van der Waals surface area contributed by atoms with Crippen LogP contribution in [0.5, 0.6) is 28.7 Å². The van der Waals surface area contributed by atoms with Crippen molar-refractivity contribution in [3.8, 4) is 28.7 Å². The number of carbonyl (C=O) groups is 4. The second kappa shape index (κ2) is 21.5. The smallest absolute Gasteiger partial charge is 0.331 e. The molecular formula is C43H46O20. The minimum absolute atomic E-state index is 0.0438. The molecule has 5 rings (SSSR count). The third-order valence-electron chi connectivity index (χ3n) is 9.50. The lowest BCUT2D eigenvalue weighted by atomic mass is 9.98. The standard InChI is InChI=1S/C43H46O20/c1-23(44)57-20-32-37(51)39(53)40(54)42(60-32)63-43(22-59-35(49)16-10-26-7-14-29(47)31(19-26)56-3)41(61-36(50)17-8-24-4-11-27(45)12-5-24)38(52)33(62-43)21-58-34(48)15-9-25-6-13-28(46)30(18-25)55-2/h4-19,32-33,37-42,45-47,51-54H,20-22H2,1-3H3. The molecule has 0 aromatic heterocycles. The quantitative estimate of drug-likeness (QED) is 0.0567. The van der Waals surface area contributed by atoms with Crippen LogP contribution in [0.2, 0.25) is 0 Å². The first kappa shape index (κ1) is 47.5. The monoisotopic (exact) mass is 882 g/mol. The molecule has 2 saturated heterocycles. The van der Waals surface area contributed by atoms with Crippen molar-refractivity contribution in [1.29, 1.82) is 0 Å². The van der Waals surface area contributed by atoms with Gasteiger partial charge in [-0.05, 0) is 71.3 Å². The topological polar surface area (TPSA) is 293 Å². The molecule has 63 heavy (non-hydrogen) atoms. The average Bonchev–Trinajstić information content (AvgIpc) is 3.52. The van der Waals surface area contributed by atoms with Crippen molar-refractivity contribution in [2.75, 3.05) is 34.0 Å². The van der Waals surface area contributed by atoms with Crippen molar-refractivity contribution in [2.45, 2.75) is 61.7 Å². The van der Waals surface area contributed by atoms with Crippen LogP contribution < -0.4 is 9.47 Å². The highest BCUT2D eigenvalue weighted by molar-refractivity contribution is 5.88. The Bertz CT molecular complexity index is 2170. The second-order valence-corrected chi connectivity index (χ2v) is 13.9. The Balaban J connectivity index is 1.47. The number of aliphatic hydroxyl groups is 4. The van der Waals surface area contributed by atoms with Crippen LogP contribution in [-0.2, 0) is 52.3 Å². The molecule has 9 unspecified atom stereocenters. The van der Waals surface area contributed by atoms with Crippen LogP contribution in [0.25, 0.3) is 18.2 Å². The van der Waals surface area contributed by atoms with E-state index in [0.717, 1.165) is 25.2 Å². The summed E-state index contributed by atoms with van der Waals surface area (Å²) in [5, 5.41) is 73.7. The molecule has 0 spiro atoms. The summed E-state index contributed by atoms with van der Waals surface area (Å²) in [5.41, 5.74) is 1.26. The minimum atomic E-state index is -2.66. The van der Waals surface area contributed by atoms with Gasteiger partial charge in [0.25, 0.3) is 0 Å². The molecule has 0 aliphatic carbocycles. The van der Waals surface area contributed by atoms with Crippen molar-refractivity contribution < 1.29 is 97.6 Å². The number of ether oxygens (including phenoxy) is 9. The predicted molar refractivity (Wildman–Crippen MR) is 214 cm³/mol. The van der Waals surface area contributed by atoms with Gasteiger partial charge in [-0.15, -0.1) is 0 Å². The van der Waals surface area contributed by atoms with Crippen LogP contribution in [0.3, 0.4) is 0 Å². The van der Waals surface area contributed by atoms with Crippen LogP contribution >= 0.6 is 0 Å². The summed E-state index contributed by atoms with van der Waals surface area (Å²) in [6, 6.07) is 14.1. The fraction of sp³-hybridized carbons (Fsp3) is 0.349. The van der Waals surface area contributed by atoms with Gasteiger partial charge in [-0.25, -0.2) is 14.4 Å². The summed E-state index contributed by atoms with van der Waals surface area (Å²) in [6.07, 6.45) is -8.25. The van der Waals surface area contributed by atoms with Crippen LogP contribution in [0, 0.1) is 0 Å². The molecule has 2 aliphatic rings. The molecule has 20 heteroatoms. The predicted octanol–water partition coefficient (Wildman–Crippen LogP) is 1.10. The van der Waals surface area contributed by atoms with E-state index < -0.39 is 98.5 Å². The van der Waals surface area contributed by atoms with Gasteiger partial charge in [0.2, 0.25) is 5.79 Å². The molecule has 9 atom stereocenters. The third-order valence-corrected chi connectivity index (χ3v) is 9.50. The number of hydrogen-bond donors (Lipinski definition) is 7. The molecule has 20 nitrogen and oxygen atoms in total. The third kappa shape index (κ3) is 12.5. The average molecular weight is 883 g/mol. The maximum Gasteiger partial charge on any atom is 0.331 e. The first-order chi connectivity index (χ1) is 30.0. The Morgan fingerprint density at radius 3 is 1.73 bits per heavy atom. The molecule has 3 aromatic carbocycles. The van der Waals surface area contributed by atoms with E-state index in [9.17, 15) is 54.9 Å². The maximum absolute atomic E-state index is 13.4. The largest absolute Gasteiger partial charge is 0.508 e. The normalized spacial score (nSPS) is 25.8. The van der Waals surface area contributed by atoms with Gasteiger partial charge in [-0.3, -0.25) is 4.79 Å². The summed E-state index contributed by atoms with van der Waals surface area (Å²) in [5.74, 6) is -6.72. The molecule has 2 fully saturated rings. The zero-order chi connectivity index (χ0) is 45.8. The Morgan fingerprint density at radius 2 is 1.16 bits per heavy atom. The summed E-state index contributed by atoms with van der Waals surface area (Å²) in [4.78, 5) is 51.1. The van der Waals surface area contributed by atoms with Crippen molar-refractivity contribution >= 4 is 42.1 Å². The van der Waals surface area contributed by atoms with Gasteiger partial charge >= 0.3 is 23.9 Å². The van der Waals surface area contributed by atoms with Crippen LogP contribution in [0.15, 0.2) is 78.9 Å². The van der Waals surface area contributed by atoms with Gasteiger partial charge < -0.3 is 78.4 Å². The van der Waals surface area contributed by atoms with Gasteiger partial charge in [-0.2, -0.15) is 0 Å². The molecular weight excluding hydrogens is 836 g/mol. The summed E-state index contributed by atoms with van der Waals surface area (Å²) in [7, 11) is 2.66. The lowest BCUT2D eigenvalue weighted by Gasteiger charge is -2.43. The fourth-order valence-electron chi connectivity index (χ4n) is 6.20. The molecule has 3 aromatic rings. The maximum atomic E-state index is 13.4. The SMILES string of the molecule is COc1cc(C=CC(=O)OCC2OC(COC(=O)C=Cc3ccc(O)c(OC)c3)(OC3OC(COC(C)=O)C(O)C(O)C3O)C(OC(=O)C=Cc3ccc(O)cc3)C2O)ccc1O. The number of phenols is 3. The van der Waals surface area contributed by atoms with Gasteiger partial charge in [0.05, 0.1) is 14.2 Å². The number of aliphatic hydroxyl groups excluding tert-OH is 4. The summed E-state index contributed by atoms with van der Waals surface area (Å²) in [6.45, 7) is -1.38. The van der Waals surface area contributed by atoms with Gasteiger partial charge in [0, 0.05) is 25.2 Å². The van der Waals surface area contributed by atoms with Crippen LogP contribution in [0.4, 0.5) is 0 Å². The highest BCUT2D eigenvalue weighted by Crippen LogP contribution is 2.39. The van der Waals surface area contributed by atoms with E-state index in [-0.39, 0.29) is 28.7 Å². The number of hydrogen-bond acceptors (Lipinski definition) is 20. The molecule has 338 valence electrons. The van der Waals surface area contributed by atoms with Crippen molar-refractivity contribution in [3.63, 3.8) is 0 Å². The Kier molecular flexibility index (Phi) is 16.2. The first-order valence-electron chi connectivity index (χ1n) is 19.0. The highest BCUT2D eigenvalue weighted by Gasteiger charge is 2.62. The zero-order valence-electron chi connectivity index (χ0n) is 33.9. The molecule has 7 N–H and O–H groups in total. The van der Waals surface area contributed by atoms with Gasteiger partial charge in [0.1, 0.15) is 62.2 Å². The van der Waals surface area contributed by atoms with E-state index in [1.54, 1.807) is 0 Å². The van der Waals surface area contributed by atoms with Gasteiger partial charge in [-0.1, -0.05) is 24.3 Å². The van der Waals surface area contributed by atoms with Crippen LogP contribution in [0.1, 0.15) is 23.6 Å². The Morgan fingerprint density at radius 1 is 0.635 bits per heavy atom. The highest BCUT2D eigenvalue weighted by atomic mass is 16.8. The Labute approximate surface area is 359 Å². The summed E-state index contributed by atoms with van der Waals surface area (Å²) >= 11 is 0. The zero-order valence-corrected chi connectivity index (χ0v) is 33.9. The minimum Gasteiger partial charge on any atom is -0.508 e. The van der Waals surface area contributed by atoms with Crippen LogP contribution in [-0.4, -0.2) is 148 Å². The van der Waals surface area contributed by atoms with Crippen molar-refractivity contribution in [1.82, 2.24) is 0 Å². The number of rotatable bonds is 17. The number of esters is 4. The first-order valence-corrected chi connectivity index (χ1v) is 19.0. The number of benzene rings is 3. The molecule has 0 bridgehead atoms. The number of phenolic OH excluding ortho intramolecular Hbond substituents is 3. The number of carbonyl (C=O) groups excluding carboxylic acids is 4. The number of methoxy groups -OCH3 is 2. The molecule has 0 amide bonds. The summed E-state index contributed by atoms with van der Waals surface area (Å²) < 4.78 is 49.5. The molecule has 2 heterocycles. The van der Waals surface area contributed by atoms with E-state index in [1.165, 1.54) is 93.1 Å². The van der Waals surface area contributed by atoms with E-state index in [0.29, 0.717) is 16.7 Å². The molecule has 2 aliphatic heterocycles. The Hall–Kier alpha value is -6.52. The lowest BCUT2D eigenvalue weighted by Crippen LogP contribution is -2.63. The van der Waals surface area contributed by atoms with Gasteiger partial charge in [0.15, 0.2) is 35.4 Å². The fourth-order valence-corrected chi connectivity index (χ4v) is 6.20. The van der Waals surface area contributed by atoms with E-state index in [1.807, 2.05) is 0 Å². The van der Waals surface area contributed by atoms with Crippen molar-refractivity contribution in [2.24, 2.45) is 0 Å². The lowest BCUT2D eigenvalue weighted by molar-refractivity contribution is -0.383.